The summed E-state index contributed by atoms with van der Waals surface area (Å²) in [6, 6.07) is 5.48. The molecule has 2 saturated carbocycles. The first-order chi connectivity index (χ1) is 22.7. The third-order valence-corrected chi connectivity index (χ3v) is 10.9. The average Bonchev–Trinajstić information content (AvgIpc) is 3.91. The van der Waals surface area contributed by atoms with Gasteiger partial charge in [0.2, 0.25) is 27.7 Å². The van der Waals surface area contributed by atoms with Crippen molar-refractivity contribution in [3.05, 3.63) is 43.1 Å². The maximum Gasteiger partial charge on any atom is 0.408 e. The number of carbonyl (C=O) groups excluding carboxylic acids is 4. The summed E-state index contributed by atoms with van der Waals surface area (Å²) in [5.74, 6) is -2.21. The lowest BCUT2D eigenvalue weighted by molar-refractivity contribution is -0.143. The summed E-state index contributed by atoms with van der Waals surface area (Å²) in [4.78, 5) is 60.6. The Morgan fingerprint density at radius 2 is 1.82 bits per heavy atom. The zero-order valence-corrected chi connectivity index (χ0v) is 30.0. The van der Waals surface area contributed by atoms with Crippen LogP contribution in [-0.2, 0) is 29.1 Å². The summed E-state index contributed by atoms with van der Waals surface area (Å²) in [5.41, 5.74) is -2.10. The summed E-state index contributed by atoms with van der Waals surface area (Å²) in [7, 11) is -1.91. The van der Waals surface area contributed by atoms with Gasteiger partial charge in [0, 0.05) is 23.9 Å². The van der Waals surface area contributed by atoms with Gasteiger partial charge in [-0.2, -0.15) is 0 Å². The number of nitrogens with zero attached hydrogens (tertiary/aromatic N) is 2. The van der Waals surface area contributed by atoms with Crippen molar-refractivity contribution in [1.82, 2.24) is 25.2 Å². The summed E-state index contributed by atoms with van der Waals surface area (Å²) in [6.45, 7) is 14.2. The van der Waals surface area contributed by atoms with E-state index in [4.69, 9.17) is 9.47 Å². The molecular weight excluding hydrogens is 649 g/mol. The van der Waals surface area contributed by atoms with Gasteiger partial charge in [0.15, 0.2) is 0 Å². The summed E-state index contributed by atoms with van der Waals surface area (Å²) in [6.07, 6.45) is 2.77. The molecule has 2 heterocycles. The lowest BCUT2D eigenvalue weighted by Gasteiger charge is -2.36. The number of sulfonamides is 1. The lowest BCUT2D eigenvalue weighted by atomic mass is 9.85. The highest BCUT2D eigenvalue weighted by atomic mass is 32.2. The molecule has 1 aliphatic heterocycles. The van der Waals surface area contributed by atoms with Gasteiger partial charge >= 0.3 is 6.09 Å². The van der Waals surface area contributed by atoms with Crippen molar-refractivity contribution >= 4 is 57.9 Å². The minimum absolute atomic E-state index is 0.0242. The number of likely N-dealkylation sites (tertiary alicyclic amines) is 1. The smallest absolute Gasteiger partial charge is 0.408 e. The number of pyridine rings is 1. The zero-order valence-electron chi connectivity index (χ0n) is 29.2. The maximum atomic E-state index is 14.4. The highest BCUT2D eigenvalue weighted by molar-refractivity contribution is 7.91. The van der Waals surface area contributed by atoms with E-state index in [1.54, 1.807) is 47.7 Å². The van der Waals surface area contributed by atoms with Crippen LogP contribution < -0.4 is 25.6 Å². The number of amides is 4. The van der Waals surface area contributed by atoms with Gasteiger partial charge in [0.25, 0.3) is 5.91 Å². The van der Waals surface area contributed by atoms with Crippen molar-refractivity contribution in [1.29, 1.82) is 0 Å². The fourth-order valence-corrected chi connectivity index (χ4v) is 7.52. The molecule has 0 radical (unpaired) electrons. The molecule has 3 N–H and O–H groups in total. The molecule has 1 aromatic heterocycles. The number of nitrogens with one attached hydrogen (secondary N) is 3. The average molecular weight is 696 g/mol. The molecule has 1 aromatic carbocycles. The molecule has 0 bridgehead atoms. The van der Waals surface area contributed by atoms with Gasteiger partial charge in [-0.15, -0.1) is 6.58 Å². The third-order valence-electron chi connectivity index (χ3n) is 9.03. The first-order valence-corrected chi connectivity index (χ1v) is 18.1. The van der Waals surface area contributed by atoms with Gasteiger partial charge in [-0.25, -0.2) is 18.2 Å². The number of hydrogen-bond acceptors (Lipinski definition) is 9. The van der Waals surface area contributed by atoms with Crippen molar-refractivity contribution in [3.8, 4) is 5.88 Å². The van der Waals surface area contributed by atoms with E-state index in [1.165, 1.54) is 11.0 Å². The van der Waals surface area contributed by atoms with E-state index < -0.39 is 79.7 Å². The number of carbonyl (C=O) groups is 4. The van der Waals surface area contributed by atoms with Crippen LogP contribution in [0.3, 0.4) is 0 Å². The van der Waals surface area contributed by atoms with E-state index in [-0.39, 0.29) is 19.4 Å². The van der Waals surface area contributed by atoms with Gasteiger partial charge in [-0.3, -0.25) is 19.1 Å². The minimum Gasteiger partial charge on any atom is -0.472 e. The molecule has 2 aliphatic carbocycles. The summed E-state index contributed by atoms with van der Waals surface area (Å²) < 4.78 is 39.2. The topological polar surface area (TPSA) is 173 Å². The monoisotopic (exact) mass is 695 g/mol. The van der Waals surface area contributed by atoms with Gasteiger partial charge < -0.3 is 25.0 Å². The van der Waals surface area contributed by atoms with Crippen LogP contribution in [0.15, 0.2) is 43.1 Å². The molecule has 15 heteroatoms. The highest BCUT2D eigenvalue weighted by Crippen LogP contribution is 2.45. The fourth-order valence-electron chi connectivity index (χ4n) is 6.16. The quantitative estimate of drug-likeness (QED) is 0.246. The number of rotatable bonds is 10. The van der Waals surface area contributed by atoms with Crippen LogP contribution in [0.4, 0.5) is 4.79 Å². The van der Waals surface area contributed by atoms with Gasteiger partial charge in [0.05, 0.1) is 11.8 Å². The van der Waals surface area contributed by atoms with E-state index in [0.29, 0.717) is 18.7 Å². The third kappa shape index (κ3) is 8.03. The minimum atomic E-state index is -3.89. The molecule has 0 spiro atoms. The number of aromatic nitrogens is 1. The van der Waals surface area contributed by atoms with Crippen molar-refractivity contribution in [3.63, 3.8) is 0 Å². The standard InChI is InChI=1S/C34H46BN5O8S/c1-8-20-17-34(20,30(43)39-49(45,46)23-10-11-23)38-27(41)25-16-22(47-28-24-12-9-21(35)15-19(24)13-14-36-28)18-40(25)29(42)26(32(2,3)4)37-31(44)48-33(5,6)7/h8-9,12-15,20,22-23,25-26H,1,10-11,16-18,35H2,2-7H3,(H,37,44)(H,38,41)(H,39,43)/t20-,22-,25+,26-,34-/m1/s1. The molecule has 13 nitrogen and oxygen atoms in total. The van der Waals surface area contributed by atoms with Gasteiger partial charge in [-0.1, -0.05) is 44.4 Å². The second kappa shape index (κ2) is 13.0. The van der Waals surface area contributed by atoms with Crippen molar-refractivity contribution in [2.75, 3.05) is 6.54 Å². The van der Waals surface area contributed by atoms with E-state index in [9.17, 15) is 27.6 Å². The Balaban J connectivity index is 1.44. The molecule has 5 atom stereocenters. The molecule has 4 amide bonds. The first kappa shape index (κ1) is 36.2. The number of hydrogen-bond donors (Lipinski definition) is 3. The Hall–Kier alpha value is -4.14. The zero-order chi connectivity index (χ0) is 36.1. The van der Waals surface area contributed by atoms with E-state index >= 15 is 0 Å². The second-order valence-electron chi connectivity index (χ2n) is 15.5. The Kier molecular flexibility index (Phi) is 9.56. The predicted molar refractivity (Wildman–Crippen MR) is 186 cm³/mol. The number of ether oxygens (including phenoxy) is 2. The van der Waals surface area contributed by atoms with Crippen molar-refractivity contribution < 1.29 is 37.1 Å². The number of benzene rings is 1. The summed E-state index contributed by atoms with van der Waals surface area (Å²) >= 11 is 0. The Morgan fingerprint density at radius 1 is 1.12 bits per heavy atom. The van der Waals surface area contributed by atoms with Gasteiger partial charge in [-0.05, 0) is 63.0 Å². The van der Waals surface area contributed by atoms with Crippen molar-refractivity contribution in [2.45, 2.75) is 102 Å². The Labute approximate surface area is 288 Å². The number of alkyl carbamates (subject to hydrolysis) is 1. The Morgan fingerprint density at radius 3 is 2.41 bits per heavy atom. The molecule has 5 rings (SSSR count). The second-order valence-corrected chi connectivity index (χ2v) is 17.4. The molecule has 0 unspecified atom stereocenters. The highest BCUT2D eigenvalue weighted by Gasteiger charge is 2.62. The van der Waals surface area contributed by atoms with Crippen LogP contribution in [-0.4, -0.2) is 91.1 Å². The van der Waals surface area contributed by atoms with Crippen LogP contribution in [0.2, 0.25) is 0 Å². The van der Waals surface area contributed by atoms with Crippen LogP contribution in [0.1, 0.15) is 67.2 Å². The predicted octanol–water partition coefficient (Wildman–Crippen LogP) is 1.45. The van der Waals surface area contributed by atoms with E-state index in [0.717, 1.165) is 16.2 Å². The molecule has 3 aliphatic rings. The van der Waals surface area contributed by atoms with Crippen LogP contribution in [0.5, 0.6) is 5.88 Å². The first-order valence-electron chi connectivity index (χ1n) is 16.6. The fraction of sp³-hybridized carbons (Fsp3) is 0.559. The molecule has 3 fully saturated rings. The lowest BCUT2D eigenvalue weighted by Crippen LogP contribution is -2.60. The number of fused-ring (bicyclic) bond motifs is 1. The van der Waals surface area contributed by atoms with E-state index in [2.05, 4.69) is 26.9 Å². The van der Waals surface area contributed by atoms with Crippen LogP contribution >= 0.6 is 0 Å². The van der Waals surface area contributed by atoms with Gasteiger partial charge in [0.1, 0.15) is 37.2 Å². The van der Waals surface area contributed by atoms with Crippen LogP contribution in [0.25, 0.3) is 10.8 Å². The molecule has 49 heavy (non-hydrogen) atoms. The van der Waals surface area contributed by atoms with Crippen LogP contribution in [0, 0.1) is 11.3 Å². The Bertz CT molecular complexity index is 1780. The van der Waals surface area contributed by atoms with E-state index in [1.807, 2.05) is 32.1 Å². The van der Waals surface area contributed by atoms with Crippen molar-refractivity contribution in [2.24, 2.45) is 11.3 Å². The largest absolute Gasteiger partial charge is 0.472 e. The SMILES string of the molecule is Bc1ccc2c(O[C@@H]3C[C@@H](C(=O)N[C@]4(C(=O)NS(=O)(=O)C5CC5)C[C@H]4C=C)N(C(=O)[C@@H](NC(=O)OC(C)(C)C)C(C)(C)C)C3)nccc2c1. The molecule has 2 aromatic rings. The molecule has 264 valence electrons. The normalized spacial score (nSPS) is 24.4. The summed E-state index contributed by atoms with van der Waals surface area (Å²) in [5, 5.41) is 6.52. The molecular formula is C34H46BN5O8S. The molecule has 1 saturated heterocycles. The maximum absolute atomic E-state index is 14.4.